The molecular formula is C13H25N. The SMILES string of the molecule is CC(C)CC1(CNC2CCCC2)CC1. The molecule has 2 saturated carbocycles. The number of rotatable bonds is 5. The van der Waals surface area contributed by atoms with Gasteiger partial charge in [-0.25, -0.2) is 0 Å². The van der Waals surface area contributed by atoms with Gasteiger partial charge in [0.25, 0.3) is 0 Å². The van der Waals surface area contributed by atoms with Crippen LogP contribution in [0.25, 0.3) is 0 Å². The highest BCUT2D eigenvalue weighted by Gasteiger charge is 2.42. The monoisotopic (exact) mass is 195 g/mol. The molecule has 0 amide bonds. The van der Waals surface area contributed by atoms with Crippen molar-refractivity contribution in [3.05, 3.63) is 0 Å². The van der Waals surface area contributed by atoms with Gasteiger partial charge in [0.1, 0.15) is 0 Å². The van der Waals surface area contributed by atoms with Crippen molar-refractivity contribution in [1.82, 2.24) is 5.32 Å². The number of hydrogen-bond acceptors (Lipinski definition) is 1. The third kappa shape index (κ3) is 2.73. The fraction of sp³-hybridized carbons (Fsp3) is 1.00. The first kappa shape index (κ1) is 10.5. The lowest BCUT2D eigenvalue weighted by Gasteiger charge is -2.21. The van der Waals surface area contributed by atoms with Crippen LogP contribution >= 0.6 is 0 Å². The molecular weight excluding hydrogens is 170 g/mol. The highest BCUT2D eigenvalue weighted by atomic mass is 14.9. The van der Waals surface area contributed by atoms with Gasteiger partial charge in [0.15, 0.2) is 0 Å². The smallest absolute Gasteiger partial charge is 0.00672 e. The molecule has 0 unspecified atom stereocenters. The molecule has 0 aromatic carbocycles. The Morgan fingerprint density at radius 1 is 1.21 bits per heavy atom. The lowest BCUT2D eigenvalue weighted by atomic mass is 9.94. The van der Waals surface area contributed by atoms with Gasteiger partial charge in [-0.15, -0.1) is 0 Å². The molecule has 0 heterocycles. The minimum atomic E-state index is 0.719. The molecule has 0 bridgehead atoms. The van der Waals surface area contributed by atoms with E-state index in [1.54, 1.807) is 0 Å². The largest absolute Gasteiger partial charge is 0.313 e. The van der Waals surface area contributed by atoms with Crippen LogP contribution in [0.1, 0.15) is 58.8 Å². The summed E-state index contributed by atoms with van der Waals surface area (Å²) in [6.07, 6.45) is 10.2. The van der Waals surface area contributed by atoms with Crippen LogP contribution in [0, 0.1) is 11.3 Å². The van der Waals surface area contributed by atoms with Gasteiger partial charge in [0.05, 0.1) is 0 Å². The van der Waals surface area contributed by atoms with Crippen molar-refractivity contribution < 1.29 is 0 Å². The van der Waals surface area contributed by atoms with Gasteiger partial charge >= 0.3 is 0 Å². The Morgan fingerprint density at radius 2 is 1.86 bits per heavy atom. The molecule has 2 aliphatic rings. The van der Waals surface area contributed by atoms with Crippen molar-refractivity contribution in [3.63, 3.8) is 0 Å². The van der Waals surface area contributed by atoms with Crippen LogP contribution in [0.3, 0.4) is 0 Å². The van der Waals surface area contributed by atoms with Crippen molar-refractivity contribution in [1.29, 1.82) is 0 Å². The van der Waals surface area contributed by atoms with Crippen molar-refractivity contribution >= 4 is 0 Å². The van der Waals surface area contributed by atoms with E-state index in [0.717, 1.165) is 17.4 Å². The zero-order chi connectivity index (χ0) is 10.0. The molecule has 0 spiro atoms. The molecule has 2 aliphatic carbocycles. The van der Waals surface area contributed by atoms with E-state index in [-0.39, 0.29) is 0 Å². The van der Waals surface area contributed by atoms with Crippen LogP contribution in [-0.2, 0) is 0 Å². The van der Waals surface area contributed by atoms with Crippen molar-refractivity contribution in [2.45, 2.75) is 64.8 Å². The molecule has 82 valence electrons. The maximum atomic E-state index is 3.79. The third-order valence-corrected chi connectivity index (χ3v) is 3.92. The van der Waals surface area contributed by atoms with E-state index in [0.29, 0.717) is 0 Å². The van der Waals surface area contributed by atoms with Crippen LogP contribution in [-0.4, -0.2) is 12.6 Å². The molecule has 2 fully saturated rings. The lowest BCUT2D eigenvalue weighted by molar-refractivity contribution is 0.346. The molecule has 0 saturated heterocycles. The van der Waals surface area contributed by atoms with Crippen LogP contribution in [0.2, 0.25) is 0 Å². The van der Waals surface area contributed by atoms with Crippen LogP contribution < -0.4 is 5.32 Å². The first-order valence-corrected chi connectivity index (χ1v) is 6.44. The van der Waals surface area contributed by atoms with E-state index in [2.05, 4.69) is 19.2 Å². The fourth-order valence-electron chi connectivity index (χ4n) is 2.99. The summed E-state index contributed by atoms with van der Waals surface area (Å²) in [6.45, 7) is 6.02. The lowest BCUT2D eigenvalue weighted by Crippen LogP contribution is -2.32. The molecule has 1 heteroatoms. The Kier molecular flexibility index (Phi) is 3.16. The highest BCUT2D eigenvalue weighted by Crippen LogP contribution is 2.50. The summed E-state index contributed by atoms with van der Waals surface area (Å²) in [6, 6.07) is 0.861. The minimum Gasteiger partial charge on any atom is -0.313 e. The summed E-state index contributed by atoms with van der Waals surface area (Å²) < 4.78 is 0. The summed E-state index contributed by atoms with van der Waals surface area (Å²) >= 11 is 0. The molecule has 14 heavy (non-hydrogen) atoms. The van der Waals surface area contributed by atoms with E-state index in [1.807, 2.05) is 0 Å². The molecule has 0 aliphatic heterocycles. The summed E-state index contributed by atoms with van der Waals surface area (Å²) in [5.41, 5.74) is 0.719. The molecule has 1 N–H and O–H groups in total. The van der Waals surface area contributed by atoms with E-state index < -0.39 is 0 Å². The topological polar surface area (TPSA) is 12.0 Å². The predicted octanol–water partition coefficient (Wildman–Crippen LogP) is 3.34. The van der Waals surface area contributed by atoms with E-state index >= 15 is 0 Å². The standard InChI is InChI=1S/C13H25N/c1-11(2)9-13(7-8-13)10-14-12-5-3-4-6-12/h11-12,14H,3-10H2,1-2H3. The zero-order valence-corrected chi connectivity index (χ0v) is 9.81. The molecule has 1 nitrogen and oxygen atoms in total. The number of hydrogen-bond donors (Lipinski definition) is 1. The maximum Gasteiger partial charge on any atom is 0.00672 e. The molecule has 0 aromatic rings. The van der Waals surface area contributed by atoms with Crippen LogP contribution in [0.4, 0.5) is 0 Å². The fourth-order valence-corrected chi connectivity index (χ4v) is 2.99. The van der Waals surface area contributed by atoms with Gasteiger partial charge < -0.3 is 5.32 Å². The van der Waals surface area contributed by atoms with E-state index in [4.69, 9.17) is 0 Å². The Labute approximate surface area is 88.7 Å². The summed E-state index contributed by atoms with van der Waals surface area (Å²) in [4.78, 5) is 0. The Balaban J connectivity index is 1.68. The summed E-state index contributed by atoms with van der Waals surface area (Å²) in [5, 5.41) is 3.79. The van der Waals surface area contributed by atoms with Gasteiger partial charge in [0.2, 0.25) is 0 Å². The van der Waals surface area contributed by atoms with Crippen molar-refractivity contribution in [2.75, 3.05) is 6.54 Å². The summed E-state index contributed by atoms with van der Waals surface area (Å²) in [7, 11) is 0. The minimum absolute atomic E-state index is 0.719. The van der Waals surface area contributed by atoms with Crippen LogP contribution in [0.15, 0.2) is 0 Å². The molecule has 0 aromatic heterocycles. The third-order valence-electron chi connectivity index (χ3n) is 3.92. The van der Waals surface area contributed by atoms with Gasteiger partial charge in [-0.2, -0.15) is 0 Å². The first-order chi connectivity index (χ1) is 6.70. The van der Waals surface area contributed by atoms with Gasteiger partial charge in [-0.3, -0.25) is 0 Å². The maximum absolute atomic E-state index is 3.79. The second kappa shape index (κ2) is 4.22. The van der Waals surface area contributed by atoms with E-state index in [9.17, 15) is 0 Å². The normalized spacial score (nSPS) is 25.9. The van der Waals surface area contributed by atoms with Gasteiger partial charge in [-0.1, -0.05) is 26.7 Å². The predicted molar refractivity (Wildman–Crippen MR) is 61.4 cm³/mol. The number of nitrogens with one attached hydrogen (secondary N) is 1. The Hall–Kier alpha value is -0.0400. The van der Waals surface area contributed by atoms with Crippen molar-refractivity contribution in [2.24, 2.45) is 11.3 Å². The highest BCUT2D eigenvalue weighted by molar-refractivity contribution is 4.96. The average Bonchev–Trinajstić information content (AvgIpc) is 2.68. The van der Waals surface area contributed by atoms with Crippen LogP contribution in [0.5, 0.6) is 0 Å². The van der Waals surface area contributed by atoms with Crippen molar-refractivity contribution in [3.8, 4) is 0 Å². The second-order valence-electron chi connectivity index (χ2n) is 5.96. The molecule has 0 atom stereocenters. The van der Waals surface area contributed by atoms with Gasteiger partial charge in [-0.05, 0) is 43.4 Å². The zero-order valence-electron chi connectivity index (χ0n) is 9.81. The average molecular weight is 195 g/mol. The Morgan fingerprint density at radius 3 is 2.36 bits per heavy atom. The van der Waals surface area contributed by atoms with E-state index in [1.165, 1.54) is 51.5 Å². The van der Waals surface area contributed by atoms with Gasteiger partial charge in [0, 0.05) is 12.6 Å². The second-order valence-corrected chi connectivity index (χ2v) is 5.96. The first-order valence-electron chi connectivity index (χ1n) is 6.44. The molecule has 0 radical (unpaired) electrons. The Bertz CT molecular complexity index is 176. The summed E-state index contributed by atoms with van der Waals surface area (Å²) in [5.74, 6) is 0.878. The quantitative estimate of drug-likeness (QED) is 0.709. The molecule has 2 rings (SSSR count).